The molecule has 1 nitrogen and oxygen atoms in total. The second kappa shape index (κ2) is 5.69. The van der Waals surface area contributed by atoms with Crippen molar-refractivity contribution >= 4 is 0 Å². The molecule has 77 valence electrons. The smallest absolute Gasteiger partial charge is 0.118 e. The van der Waals surface area contributed by atoms with Gasteiger partial charge in [-0.1, -0.05) is 26.0 Å². The van der Waals surface area contributed by atoms with Crippen LogP contribution in [0.4, 0.5) is 0 Å². The van der Waals surface area contributed by atoms with Crippen LogP contribution >= 0.6 is 0 Å². The van der Waals surface area contributed by atoms with Gasteiger partial charge in [-0.05, 0) is 42.9 Å². The zero-order valence-electron chi connectivity index (χ0n) is 9.29. The second-order valence-electron chi connectivity index (χ2n) is 3.97. The summed E-state index contributed by atoms with van der Waals surface area (Å²) >= 11 is 0. The Morgan fingerprint density at radius 1 is 1.21 bits per heavy atom. The second-order valence-corrected chi connectivity index (χ2v) is 3.97. The van der Waals surface area contributed by atoms with Crippen molar-refractivity contribution in [2.45, 2.75) is 26.7 Å². The lowest BCUT2D eigenvalue weighted by atomic mass is 10.0. The molecule has 14 heavy (non-hydrogen) atoms. The fourth-order valence-corrected chi connectivity index (χ4v) is 1.34. The molecule has 0 saturated heterocycles. The lowest BCUT2D eigenvalue weighted by Crippen LogP contribution is -1.92. The highest BCUT2D eigenvalue weighted by molar-refractivity contribution is 5.27. The average Bonchev–Trinajstić information content (AvgIpc) is 2.18. The van der Waals surface area contributed by atoms with E-state index < -0.39 is 0 Å². The summed E-state index contributed by atoms with van der Waals surface area (Å²) in [6.07, 6.45) is 4.58. The van der Waals surface area contributed by atoms with Gasteiger partial charge in [-0.3, -0.25) is 0 Å². The molecule has 0 N–H and O–H groups in total. The third kappa shape index (κ3) is 3.82. The van der Waals surface area contributed by atoms with Gasteiger partial charge in [-0.2, -0.15) is 0 Å². The topological polar surface area (TPSA) is 9.23 Å². The monoisotopic (exact) mass is 191 g/mol. The Morgan fingerprint density at radius 3 is 2.36 bits per heavy atom. The van der Waals surface area contributed by atoms with Gasteiger partial charge in [0.1, 0.15) is 5.75 Å². The maximum absolute atomic E-state index is 5.10. The predicted molar refractivity (Wildman–Crippen MR) is 60.5 cm³/mol. The first-order valence-electron chi connectivity index (χ1n) is 5.17. The van der Waals surface area contributed by atoms with Crippen molar-refractivity contribution in [2.24, 2.45) is 5.92 Å². The number of ether oxygens (including phenoxy) is 1. The van der Waals surface area contributed by atoms with E-state index in [1.165, 1.54) is 12.0 Å². The predicted octanol–water partition coefficient (Wildman–Crippen LogP) is 3.49. The molecule has 0 bridgehead atoms. The molecular weight excluding hydrogens is 172 g/mol. The molecule has 0 aliphatic rings. The van der Waals surface area contributed by atoms with E-state index >= 15 is 0 Å². The maximum atomic E-state index is 5.10. The molecule has 0 aliphatic heterocycles. The van der Waals surface area contributed by atoms with Crippen LogP contribution < -0.4 is 4.74 Å². The first kappa shape index (κ1) is 11.1. The average molecular weight is 191 g/mol. The highest BCUT2D eigenvalue weighted by Crippen LogP contribution is 2.14. The van der Waals surface area contributed by atoms with Gasteiger partial charge >= 0.3 is 0 Å². The summed E-state index contributed by atoms with van der Waals surface area (Å²) < 4.78 is 5.10. The van der Waals surface area contributed by atoms with Gasteiger partial charge in [0.25, 0.3) is 0 Å². The highest BCUT2D eigenvalue weighted by Gasteiger charge is 1.97. The Kier molecular flexibility index (Phi) is 4.51. The molecule has 0 heterocycles. The van der Waals surface area contributed by atoms with Crippen molar-refractivity contribution in [3.05, 3.63) is 36.2 Å². The third-order valence-electron chi connectivity index (χ3n) is 2.18. The highest BCUT2D eigenvalue weighted by atomic mass is 16.5. The molecule has 1 aromatic rings. The van der Waals surface area contributed by atoms with Crippen molar-refractivity contribution in [3.8, 4) is 5.75 Å². The molecule has 0 spiro atoms. The van der Waals surface area contributed by atoms with E-state index in [0.717, 1.165) is 18.1 Å². The van der Waals surface area contributed by atoms with Gasteiger partial charge in [0, 0.05) is 0 Å². The van der Waals surface area contributed by atoms with Gasteiger partial charge in [-0.15, -0.1) is 0 Å². The van der Waals surface area contributed by atoms with Crippen molar-refractivity contribution < 1.29 is 4.74 Å². The SMILES string of the molecule is COc1ccc(C[CH]CC(C)C)cc1. The van der Waals surface area contributed by atoms with Crippen LogP contribution in [0.3, 0.4) is 0 Å². The summed E-state index contributed by atoms with van der Waals surface area (Å²) in [6.45, 7) is 4.48. The van der Waals surface area contributed by atoms with Crippen LogP contribution in [0.25, 0.3) is 0 Å². The first-order valence-corrected chi connectivity index (χ1v) is 5.17. The van der Waals surface area contributed by atoms with Gasteiger partial charge in [0.2, 0.25) is 0 Å². The van der Waals surface area contributed by atoms with E-state index in [9.17, 15) is 0 Å². The largest absolute Gasteiger partial charge is 0.497 e. The Balaban J connectivity index is 2.36. The fraction of sp³-hybridized carbons (Fsp3) is 0.462. The van der Waals surface area contributed by atoms with Crippen LogP contribution in [0.15, 0.2) is 24.3 Å². The molecular formula is C13H19O. The molecule has 1 rings (SSSR count). The van der Waals surface area contributed by atoms with Gasteiger partial charge < -0.3 is 4.74 Å². The molecule has 0 amide bonds. The number of hydrogen-bond donors (Lipinski definition) is 0. The Morgan fingerprint density at radius 2 is 1.86 bits per heavy atom. The molecule has 0 unspecified atom stereocenters. The van der Waals surface area contributed by atoms with Crippen molar-refractivity contribution in [1.82, 2.24) is 0 Å². The van der Waals surface area contributed by atoms with Crippen LogP contribution in [0, 0.1) is 12.3 Å². The number of rotatable bonds is 5. The molecule has 1 radical (unpaired) electrons. The first-order chi connectivity index (χ1) is 6.72. The Labute approximate surface area is 87.1 Å². The van der Waals surface area contributed by atoms with E-state index in [-0.39, 0.29) is 0 Å². The summed E-state index contributed by atoms with van der Waals surface area (Å²) in [6, 6.07) is 8.27. The van der Waals surface area contributed by atoms with E-state index in [4.69, 9.17) is 4.74 Å². The fourth-order valence-electron chi connectivity index (χ4n) is 1.34. The van der Waals surface area contributed by atoms with Crippen LogP contribution in [0.2, 0.25) is 0 Å². The van der Waals surface area contributed by atoms with Gasteiger partial charge in [-0.25, -0.2) is 0 Å². The van der Waals surface area contributed by atoms with Gasteiger partial charge in [0.15, 0.2) is 0 Å². The van der Waals surface area contributed by atoms with E-state index in [1.807, 2.05) is 12.1 Å². The standard InChI is InChI=1S/C13H19O/c1-11(2)5-4-6-12-7-9-13(14-3)10-8-12/h4,7-11H,5-6H2,1-3H3. The van der Waals surface area contributed by atoms with E-state index in [0.29, 0.717) is 0 Å². The van der Waals surface area contributed by atoms with Crippen LogP contribution in [0.5, 0.6) is 5.75 Å². The van der Waals surface area contributed by atoms with Crippen molar-refractivity contribution in [2.75, 3.05) is 7.11 Å². The van der Waals surface area contributed by atoms with Crippen LogP contribution in [-0.2, 0) is 6.42 Å². The van der Waals surface area contributed by atoms with Crippen LogP contribution in [-0.4, -0.2) is 7.11 Å². The minimum Gasteiger partial charge on any atom is -0.497 e. The Bertz CT molecular complexity index is 248. The molecule has 0 saturated carbocycles. The summed E-state index contributed by atoms with van der Waals surface area (Å²) in [5, 5.41) is 0. The molecule has 0 atom stereocenters. The number of methoxy groups -OCH3 is 1. The zero-order valence-corrected chi connectivity index (χ0v) is 9.29. The minimum atomic E-state index is 0.758. The Hall–Kier alpha value is -0.980. The lowest BCUT2D eigenvalue weighted by molar-refractivity contribution is 0.414. The minimum absolute atomic E-state index is 0.758. The zero-order chi connectivity index (χ0) is 10.4. The maximum Gasteiger partial charge on any atom is 0.118 e. The summed E-state index contributed by atoms with van der Waals surface area (Å²) in [5.74, 6) is 1.69. The normalized spacial score (nSPS) is 10.6. The summed E-state index contributed by atoms with van der Waals surface area (Å²) in [7, 11) is 1.69. The molecule has 0 aromatic heterocycles. The summed E-state index contributed by atoms with van der Waals surface area (Å²) in [5.41, 5.74) is 1.35. The lowest BCUT2D eigenvalue weighted by Gasteiger charge is -2.05. The summed E-state index contributed by atoms with van der Waals surface area (Å²) in [4.78, 5) is 0. The van der Waals surface area contributed by atoms with E-state index in [1.54, 1.807) is 7.11 Å². The van der Waals surface area contributed by atoms with E-state index in [2.05, 4.69) is 32.4 Å². The number of hydrogen-bond acceptors (Lipinski definition) is 1. The molecule has 0 fully saturated rings. The van der Waals surface area contributed by atoms with Crippen molar-refractivity contribution in [1.29, 1.82) is 0 Å². The molecule has 0 aliphatic carbocycles. The number of benzene rings is 1. The quantitative estimate of drug-likeness (QED) is 0.692. The molecule has 1 aromatic carbocycles. The van der Waals surface area contributed by atoms with Crippen molar-refractivity contribution in [3.63, 3.8) is 0 Å². The molecule has 1 heteroatoms. The van der Waals surface area contributed by atoms with Crippen LogP contribution in [0.1, 0.15) is 25.8 Å². The van der Waals surface area contributed by atoms with Gasteiger partial charge in [0.05, 0.1) is 7.11 Å². The third-order valence-corrected chi connectivity index (χ3v) is 2.18.